The molecule has 6 atom stereocenters. The maximum absolute atomic E-state index is 14.1. The summed E-state index contributed by atoms with van der Waals surface area (Å²) in [7, 11) is 0. The molecule has 21 heteroatoms. The lowest BCUT2D eigenvalue weighted by Crippen LogP contribution is -2.62. The number of unbranched alkanes of at least 4 members (excludes halogenated alkanes) is 1. The van der Waals surface area contributed by atoms with E-state index < -0.39 is 115 Å². The number of aliphatic carboxylic acids is 2. The van der Waals surface area contributed by atoms with Crippen molar-refractivity contribution < 1.29 is 58.5 Å². The lowest BCUT2D eigenvalue weighted by Gasteiger charge is -2.37. The Bertz CT molecular complexity index is 1510. The van der Waals surface area contributed by atoms with Crippen molar-refractivity contribution in [2.24, 2.45) is 22.9 Å². The molecule has 1 aromatic rings. The number of carbonyl (C=O) groups excluding carboxylic acids is 7. The van der Waals surface area contributed by atoms with E-state index >= 15 is 0 Å². The van der Waals surface area contributed by atoms with Crippen LogP contribution < -0.4 is 44.2 Å². The van der Waals surface area contributed by atoms with Crippen molar-refractivity contribution in [1.29, 1.82) is 0 Å². The van der Waals surface area contributed by atoms with E-state index in [4.69, 9.17) is 28.0 Å². The van der Waals surface area contributed by atoms with Crippen molar-refractivity contribution in [2.45, 2.75) is 108 Å². The highest BCUT2D eigenvalue weighted by Crippen LogP contribution is 2.18. The number of aliphatic hydroxyl groups is 1. The van der Waals surface area contributed by atoms with Gasteiger partial charge in [0.2, 0.25) is 41.4 Å². The van der Waals surface area contributed by atoms with Crippen molar-refractivity contribution in [3.8, 4) is 0 Å². The number of carboxylic acid groups (broad SMARTS) is 2. The number of hydrogen-bond donors (Lipinski definition) is 11. The lowest BCUT2D eigenvalue weighted by molar-refractivity contribution is -0.147. The van der Waals surface area contributed by atoms with Crippen LogP contribution in [0.5, 0.6) is 0 Å². The van der Waals surface area contributed by atoms with Gasteiger partial charge in [0.1, 0.15) is 30.2 Å². The Hall–Kier alpha value is -5.67. The average molecular weight is 780 g/mol. The summed E-state index contributed by atoms with van der Waals surface area (Å²) in [5.74, 6) is -9.70. The molecule has 0 saturated heterocycles. The zero-order chi connectivity index (χ0) is 41.8. The second-order valence-corrected chi connectivity index (χ2v) is 13.0. The molecule has 15 N–H and O–H groups in total. The van der Waals surface area contributed by atoms with Gasteiger partial charge in [-0.05, 0) is 51.6 Å². The quantitative estimate of drug-likeness (QED) is 0.0399. The van der Waals surface area contributed by atoms with Crippen molar-refractivity contribution >= 4 is 53.3 Å². The first-order valence-electron chi connectivity index (χ1n) is 17.5. The van der Waals surface area contributed by atoms with Gasteiger partial charge in [0.25, 0.3) is 0 Å². The zero-order valence-corrected chi connectivity index (χ0v) is 30.8. The van der Waals surface area contributed by atoms with Crippen molar-refractivity contribution in [1.82, 2.24) is 26.2 Å². The summed E-state index contributed by atoms with van der Waals surface area (Å²) >= 11 is 0. The van der Waals surface area contributed by atoms with Gasteiger partial charge in [-0.25, -0.2) is 4.79 Å². The number of nitrogens with one attached hydrogen (secondary N) is 4. The average Bonchev–Trinajstić information content (AvgIpc) is 3.10. The van der Waals surface area contributed by atoms with E-state index in [2.05, 4.69) is 21.3 Å². The molecule has 21 nitrogen and oxygen atoms in total. The van der Waals surface area contributed by atoms with E-state index in [-0.39, 0.29) is 38.6 Å². The predicted molar refractivity (Wildman–Crippen MR) is 194 cm³/mol. The SMILES string of the molecule is CC(C)N(C(=O)[C@H](CCC(N)=O)NC(=O)[C@@H](N)CC(=O)O)[C@@H](CCCCN)C(=O)N[C@@H](CO)C(=O)N[C@@H](Cc1ccccc1)C(=O)N[C@@H](CC(N)=O)C(=O)O. The van der Waals surface area contributed by atoms with E-state index in [1.54, 1.807) is 44.2 Å². The molecule has 1 aromatic carbocycles. The largest absolute Gasteiger partial charge is 0.481 e. The van der Waals surface area contributed by atoms with Crippen LogP contribution in [0, 0.1) is 0 Å². The standard InChI is InChI=1S/C34H53N9O12/c1-18(2)43(33(53)21(11-12-26(37)45)39-29(49)20(36)15-28(47)48)25(10-6-7-13-35)32(52)42-24(17-44)31(51)40-22(14-19-8-4-3-5-9-19)30(50)41-23(34(54)55)16-27(38)46/h3-5,8-9,18,20-25,44H,6-7,10-17,35-36H2,1-2H3,(H2,37,45)(H2,38,46)(H,39,49)(H,40,51)(H,41,50)(H,42,52)(H,47,48)(H,54,55)/t20-,21-,22-,23-,24-,25-/m0/s1. The summed E-state index contributed by atoms with van der Waals surface area (Å²) in [6, 6.07) is -1.88. The van der Waals surface area contributed by atoms with Crippen LogP contribution in [0.25, 0.3) is 0 Å². The van der Waals surface area contributed by atoms with Gasteiger partial charge in [-0.2, -0.15) is 0 Å². The summed E-state index contributed by atoms with van der Waals surface area (Å²) in [6.07, 6.45) is -1.76. The van der Waals surface area contributed by atoms with E-state index in [1.807, 2.05) is 0 Å². The molecule has 0 radical (unpaired) electrons. The maximum atomic E-state index is 14.1. The van der Waals surface area contributed by atoms with E-state index in [1.165, 1.54) is 0 Å². The smallest absolute Gasteiger partial charge is 0.326 e. The summed E-state index contributed by atoms with van der Waals surface area (Å²) in [4.78, 5) is 115. The van der Waals surface area contributed by atoms with Crippen LogP contribution in [0.3, 0.4) is 0 Å². The molecule has 306 valence electrons. The van der Waals surface area contributed by atoms with Crippen molar-refractivity contribution in [2.75, 3.05) is 13.2 Å². The number of rotatable bonds is 26. The van der Waals surface area contributed by atoms with Crippen LogP contribution in [0.2, 0.25) is 0 Å². The monoisotopic (exact) mass is 779 g/mol. The first kappa shape index (κ1) is 47.4. The number of amides is 7. The molecule has 1 rings (SSSR count). The third-order valence-corrected chi connectivity index (χ3v) is 8.16. The van der Waals surface area contributed by atoms with Gasteiger partial charge in [0.05, 0.1) is 25.5 Å². The summed E-state index contributed by atoms with van der Waals surface area (Å²) in [5.41, 5.74) is 22.3. The highest BCUT2D eigenvalue weighted by molar-refractivity contribution is 5.97. The third-order valence-electron chi connectivity index (χ3n) is 8.16. The topological polar surface area (TPSA) is 370 Å². The number of nitrogens with zero attached hydrogens (tertiary/aromatic N) is 1. The summed E-state index contributed by atoms with van der Waals surface area (Å²) in [5, 5.41) is 38.1. The molecule has 0 spiro atoms. The van der Waals surface area contributed by atoms with Crippen LogP contribution in [0.15, 0.2) is 30.3 Å². The fourth-order valence-corrected chi connectivity index (χ4v) is 5.40. The number of nitrogens with two attached hydrogens (primary N) is 4. The number of carbonyl (C=O) groups is 9. The number of hydrogen-bond acceptors (Lipinski definition) is 12. The van der Waals surface area contributed by atoms with E-state index in [0.29, 0.717) is 12.0 Å². The summed E-state index contributed by atoms with van der Waals surface area (Å²) < 4.78 is 0. The normalized spacial score (nSPS) is 14.2. The van der Waals surface area contributed by atoms with Crippen LogP contribution >= 0.6 is 0 Å². The Kier molecular flexibility index (Phi) is 20.6. The molecule has 0 heterocycles. The first-order chi connectivity index (χ1) is 25.8. The van der Waals surface area contributed by atoms with Gasteiger partial charge in [-0.1, -0.05) is 30.3 Å². The molecule has 0 bridgehead atoms. The van der Waals surface area contributed by atoms with Gasteiger partial charge in [-0.3, -0.25) is 38.4 Å². The second-order valence-electron chi connectivity index (χ2n) is 13.0. The molecule has 0 aliphatic rings. The zero-order valence-electron chi connectivity index (χ0n) is 30.8. The fourth-order valence-electron chi connectivity index (χ4n) is 5.40. The molecule has 55 heavy (non-hydrogen) atoms. The van der Waals surface area contributed by atoms with Crippen LogP contribution in [0.4, 0.5) is 0 Å². The Labute approximate surface area is 317 Å². The van der Waals surface area contributed by atoms with Crippen LogP contribution in [-0.4, -0.2) is 129 Å². The minimum atomic E-state index is -1.73. The van der Waals surface area contributed by atoms with Crippen molar-refractivity contribution in [3.05, 3.63) is 35.9 Å². The summed E-state index contributed by atoms with van der Waals surface area (Å²) in [6.45, 7) is 2.32. The fraction of sp³-hybridized carbons (Fsp3) is 0.559. The number of benzene rings is 1. The molecule has 0 aliphatic heterocycles. The van der Waals surface area contributed by atoms with Crippen molar-refractivity contribution in [3.63, 3.8) is 0 Å². The number of aliphatic hydroxyl groups excluding tert-OH is 1. The minimum Gasteiger partial charge on any atom is -0.481 e. The number of carboxylic acids is 2. The maximum Gasteiger partial charge on any atom is 0.326 e. The molecular formula is C34H53N9O12. The highest BCUT2D eigenvalue weighted by atomic mass is 16.4. The van der Waals surface area contributed by atoms with E-state index in [9.17, 15) is 53.4 Å². The van der Waals surface area contributed by atoms with Crippen LogP contribution in [0.1, 0.15) is 64.4 Å². The molecule has 0 aromatic heterocycles. The van der Waals surface area contributed by atoms with Gasteiger partial charge in [0.15, 0.2) is 0 Å². The first-order valence-corrected chi connectivity index (χ1v) is 17.5. The Morgan fingerprint density at radius 2 is 1.27 bits per heavy atom. The lowest BCUT2D eigenvalue weighted by atomic mass is 10.0. The molecule has 0 fully saturated rings. The Morgan fingerprint density at radius 3 is 1.78 bits per heavy atom. The van der Waals surface area contributed by atoms with Gasteiger partial charge in [0, 0.05) is 18.9 Å². The molecular weight excluding hydrogens is 726 g/mol. The molecule has 0 aliphatic carbocycles. The number of primary amides is 2. The van der Waals surface area contributed by atoms with E-state index in [0.717, 1.165) is 4.90 Å². The second kappa shape index (κ2) is 23.9. The van der Waals surface area contributed by atoms with Crippen LogP contribution in [-0.2, 0) is 49.6 Å². The Morgan fingerprint density at radius 1 is 0.709 bits per heavy atom. The molecule has 0 saturated carbocycles. The molecule has 7 amide bonds. The van der Waals surface area contributed by atoms with Gasteiger partial charge < -0.3 is 64.4 Å². The van der Waals surface area contributed by atoms with Gasteiger partial charge in [-0.15, -0.1) is 0 Å². The minimum absolute atomic E-state index is 0.0305. The van der Waals surface area contributed by atoms with Gasteiger partial charge >= 0.3 is 11.9 Å². The highest BCUT2D eigenvalue weighted by Gasteiger charge is 2.38. The third kappa shape index (κ3) is 16.9. The Balaban J connectivity index is 3.47. The predicted octanol–water partition coefficient (Wildman–Crippen LogP) is -4.08. The molecule has 0 unspecified atom stereocenters.